The first-order valence-electron chi connectivity index (χ1n) is 11.7. The van der Waals surface area contributed by atoms with Crippen molar-refractivity contribution < 1.29 is 28.6 Å². The molecule has 1 saturated heterocycles. The number of hydrogen-bond acceptors (Lipinski definition) is 5. The summed E-state index contributed by atoms with van der Waals surface area (Å²) in [5.74, 6) is -1.31. The Morgan fingerprint density at radius 2 is 1.71 bits per heavy atom. The average molecular weight is 475 g/mol. The third kappa shape index (κ3) is 4.51. The fourth-order valence-corrected chi connectivity index (χ4v) is 5.14. The second-order valence-corrected chi connectivity index (χ2v) is 8.84. The van der Waals surface area contributed by atoms with Crippen molar-refractivity contribution in [1.82, 2.24) is 4.90 Å². The molecule has 5 rings (SSSR count). The van der Waals surface area contributed by atoms with Gasteiger partial charge in [-0.15, -0.1) is 0 Å². The van der Waals surface area contributed by atoms with Gasteiger partial charge in [-0.1, -0.05) is 48.5 Å². The van der Waals surface area contributed by atoms with Gasteiger partial charge in [0.15, 0.2) is 0 Å². The van der Waals surface area contributed by atoms with E-state index in [1.165, 1.54) is 12.3 Å². The summed E-state index contributed by atoms with van der Waals surface area (Å²) in [5, 5.41) is 11.6. The van der Waals surface area contributed by atoms with Gasteiger partial charge in [-0.25, -0.2) is 4.79 Å². The summed E-state index contributed by atoms with van der Waals surface area (Å²) < 4.78 is 11.0. The monoisotopic (exact) mass is 474 g/mol. The number of carbonyl (C=O) groups excluding carboxylic acids is 2. The number of fused-ring (bicyclic) bond motifs is 3. The number of carboxylic acids is 1. The minimum absolute atomic E-state index is 0.00252. The predicted octanol–water partition coefficient (Wildman–Crippen LogP) is 5.11. The molecule has 2 aliphatic rings. The molecule has 35 heavy (non-hydrogen) atoms. The summed E-state index contributed by atoms with van der Waals surface area (Å²) >= 11 is 0. The molecule has 1 unspecified atom stereocenters. The van der Waals surface area contributed by atoms with E-state index in [4.69, 9.17) is 14.3 Å². The molecule has 2 N–H and O–H groups in total. The zero-order chi connectivity index (χ0) is 24.4. The molecule has 0 bridgehead atoms. The average Bonchev–Trinajstić information content (AvgIpc) is 3.59. The van der Waals surface area contributed by atoms with Crippen molar-refractivity contribution in [2.45, 2.75) is 37.6 Å². The number of anilines is 1. The molecule has 8 heteroatoms. The minimum Gasteiger partial charge on any atom is -0.481 e. The van der Waals surface area contributed by atoms with Gasteiger partial charge < -0.3 is 19.2 Å². The third-order valence-electron chi connectivity index (χ3n) is 6.77. The Labute approximate surface area is 202 Å². The second-order valence-electron chi connectivity index (χ2n) is 8.84. The molecule has 1 aromatic heterocycles. The topological polar surface area (TPSA) is 109 Å². The molecule has 1 fully saturated rings. The maximum atomic E-state index is 13.1. The van der Waals surface area contributed by atoms with Gasteiger partial charge in [0, 0.05) is 31.0 Å². The van der Waals surface area contributed by atoms with Crippen LogP contribution in [0, 0.1) is 0 Å². The van der Waals surface area contributed by atoms with Crippen LogP contribution in [-0.4, -0.2) is 47.2 Å². The number of furan rings is 1. The highest BCUT2D eigenvalue weighted by molar-refractivity contribution is 6.00. The molecule has 8 nitrogen and oxygen atoms in total. The Kier molecular flexibility index (Phi) is 6.27. The third-order valence-corrected chi connectivity index (χ3v) is 6.77. The van der Waals surface area contributed by atoms with E-state index in [0.29, 0.717) is 13.0 Å². The molecule has 0 spiro atoms. The van der Waals surface area contributed by atoms with Crippen LogP contribution in [0.3, 0.4) is 0 Å². The Bertz CT molecular complexity index is 1220. The van der Waals surface area contributed by atoms with Gasteiger partial charge in [0.05, 0.1) is 12.0 Å². The van der Waals surface area contributed by atoms with Crippen molar-refractivity contribution in [2.24, 2.45) is 0 Å². The number of nitrogens with one attached hydrogen (secondary N) is 1. The number of benzene rings is 2. The van der Waals surface area contributed by atoms with Gasteiger partial charge in [0.25, 0.3) is 5.91 Å². The SMILES string of the molecule is O=C(O)CCC1CCCN1C(=O)c1occc1NC(=O)OCC1c2ccccc2-c2ccccc21. The summed E-state index contributed by atoms with van der Waals surface area (Å²) in [6, 6.07) is 17.5. The van der Waals surface area contributed by atoms with Gasteiger partial charge in [0.1, 0.15) is 6.61 Å². The molecular weight excluding hydrogens is 448 g/mol. The maximum absolute atomic E-state index is 13.1. The minimum atomic E-state index is -0.889. The normalized spacial score (nSPS) is 16.6. The smallest absolute Gasteiger partial charge is 0.411 e. The van der Waals surface area contributed by atoms with Crippen LogP contribution in [0.4, 0.5) is 10.5 Å². The number of carbonyl (C=O) groups is 3. The van der Waals surface area contributed by atoms with Crippen molar-refractivity contribution in [3.8, 4) is 11.1 Å². The summed E-state index contributed by atoms with van der Waals surface area (Å²) in [6.07, 6.45) is 2.59. The van der Waals surface area contributed by atoms with Gasteiger partial charge in [0.2, 0.25) is 5.76 Å². The lowest BCUT2D eigenvalue weighted by Crippen LogP contribution is -2.36. The van der Waals surface area contributed by atoms with Crippen LogP contribution in [0.2, 0.25) is 0 Å². The number of nitrogens with zero attached hydrogens (tertiary/aromatic N) is 1. The predicted molar refractivity (Wildman–Crippen MR) is 128 cm³/mol. The molecule has 1 atom stereocenters. The van der Waals surface area contributed by atoms with Crippen LogP contribution in [0.15, 0.2) is 65.3 Å². The van der Waals surface area contributed by atoms with Crippen molar-refractivity contribution in [3.05, 3.63) is 77.7 Å². The van der Waals surface area contributed by atoms with E-state index in [0.717, 1.165) is 35.1 Å². The van der Waals surface area contributed by atoms with Crippen molar-refractivity contribution in [2.75, 3.05) is 18.5 Å². The summed E-state index contributed by atoms with van der Waals surface area (Å²) in [5.41, 5.74) is 4.74. The van der Waals surface area contributed by atoms with Crippen molar-refractivity contribution in [3.63, 3.8) is 0 Å². The Balaban J connectivity index is 1.24. The number of carboxylic acid groups (broad SMARTS) is 1. The van der Waals surface area contributed by atoms with E-state index in [1.54, 1.807) is 4.90 Å². The van der Waals surface area contributed by atoms with Gasteiger partial charge in [-0.2, -0.15) is 0 Å². The number of amides is 2. The Morgan fingerprint density at radius 3 is 2.40 bits per heavy atom. The zero-order valence-corrected chi connectivity index (χ0v) is 19.1. The van der Waals surface area contributed by atoms with E-state index >= 15 is 0 Å². The van der Waals surface area contributed by atoms with Crippen LogP contribution in [0.5, 0.6) is 0 Å². The van der Waals surface area contributed by atoms with Gasteiger partial charge >= 0.3 is 12.1 Å². The number of aliphatic carboxylic acids is 1. The maximum Gasteiger partial charge on any atom is 0.411 e. The lowest BCUT2D eigenvalue weighted by atomic mass is 9.98. The second kappa shape index (κ2) is 9.66. The van der Waals surface area contributed by atoms with Crippen LogP contribution in [-0.2, 0) is 9.53 Å². The summed E-state index contributed by atoms with van der Waals surface area (Å²) in [6.45, 7) is 0.679. The van der Waals surface area contributed by atoms with Crippen LogP contribution < -0.4 is 5.32 Å². The highest BCUT2D eigenvalue weighted by Gasteiger charge is 2.33. The highest BCUT2D eigenvalue weighted by atomic mass is 16.5. The summed E-state index contributed by atoms with van der Waals surface area (Å²) in [7, 11) is 0. The Hall–Kier alpha value is -4.07. The first-order chi connectivity index (χ1) is 17.0. The Morgan fingerprint density at radius 1 is 1.03 bits per heavy atom. The number of hydrogen-bond donors (Lipinski definition) is 2. The van der Waals surface area contributed by atoms with Gasteiger partial charge in [-0.3, -0.25) is 14.9 Å². The molecule has 2 heterocycles. The standard InChI is InChI=1S/C27H26N2O6/c30-24(31)12-11-17-6-5-14-29(17)26(32)25-23(13-15-34-25)28-27(33)35-16-22-20-9-3-1-7-18(20)19-8-2-4-10-21(19)22/h1-4,7-10,13,15,17,22H,5-6,11-12,14,16H2,(H,28,33)(H,30,31). The first-order valence-corrected chi connectivity index (χ1v) is 11.7. The van der Waals surface area contributed by atoms with Crippen molar-refractivity contribution >= 4 is 23.7 Å². The summed E-state index contributed by atoms with van der Waals surface area (Å²) in [4.78, 5) is 38.3. The van der Waals surface area contributed by atoms with E-state index in [1.807, 2.05) is 36.4 Å². The molecule has 1 aliphatic carbocycles. The van der Waals surface area contributed by atoms with E-state index in [-0.39, 0.29) is 42.3 Å². The quantitative estimate of drug-likeness (QED) is 0.493. The van der Waals surface area contributed by atoms with Crippen molar-refractivity contribution in [1.29, 1.82) is 0 Å². The van der Waals surface area contributed by atoms with Crippen LogP contribution in [0.25, 0.3) is 11.1 Å². The fourth-order valence-electron chi connectivity index (χ4n) is 5.14. The van der Waals surface area contributed by atoms with Gasteiger partial charge in [-0.05, 0) is 41.5 Å². The molecule has 2 amide bonds. The molecule has 2 aromatic carbocycles. The van der Waals surface area contributed by atoms with E-state index < -0.39 is 12.1 Å². The largest absolute Gasteiger partial charge is 0.481 e. The molecule has 180 valence electrons. The first kappa shape index (κ1) is 22.7. The molecular formula is C27H26N2O6. The molecule has 0 saturated carbocycles. The van der Waals surface area contributed by atoms with E-state index in [9.17, 15) is 14.4 Å². The van der Waals surface area contributed by atoms with Crippen LogP contribution >= 0.6 is 0 Å². The highest BCUT2D eigenvalue weighted by Crippen LogP contribution is 2.44. The van der Waals surface area contributed by atoms with E-state index in [2.05, 4.69) is 17.4 Å². The number of likely N-dealkylation sites (tertiary alicyclic amines) is 1. The van der Waals surface area contributed by atoms with Crippen LogP contribution in [0.1, 0.15) is 53.3 Å². The number of ether oxygens (including phenoxy) is 1. The lowest BCUT2D eigenvalue weighted by molar-refractivity contribution is -0.137. The zero-order valence-electron chi connectivity index (χ0n) is 19.1. The molecule has 0 radical (unpaired) electrons. The number of rotatable bonds is 7. The fraction of sp³-hybridized carbons (Fsp3) is 0.296. The lowest BCUT2D eigenvalue weighted by Gasteiger charge is -2.23. The molecule has 1 aliphatic heterocycles. The molecule has 3 aromatic rings.